The standard InChI is InChI=1S/C29H31FN4O3/c1-16-10-18(12-22(11-16)37-21-9-4-17(2)25(30)13-21)24-15-33(3)29(36)27-23(24)14-26(28(32)35)34(27)20-7-5-19(31)6-8-20/h4,9-15,19-20H,5-8,31H2,1-3H3,(H2,32,35). The Kier molecular flexibility index (Phi) is 6.37. The highest BCUT2D eigenvalue weighted by molar-refractivity contribution is 6.03. The second-order valence-electron chi connectivity index (χ2n) is 10.1. The van der Waals surface area contributed by atoms with Gasteiger partial charge in [0, 0.05) is 42.3 Å². The molecule has 0 spiro atoms. The molecule has 5 rings (SSSR count). The molecule has 4 N–H and O–H groups in total. The predicted molar refractivity (Wildman–Crippen MR) is 143 cm³/mol. The fraction of sp³-hybridized carbons (Fsp3) is 0.310. The summed E-state index contributed by atoms with van der Waals surface area (Å²) in [6.07, 6.45) is 4.95. The van der Waals surface area contributed by atoms with Gasteiger partial charge in [-0.05, 0) is 80.5 Å². The average Bonchev–Trinajstić information content (AvgIpc) is 3.25. The summed E-state index contributed by atoms with van der Waals surface area (Å²) in [6, 6.07) is 12.3. The lowest BCUT2D eigenvalue weighted by Crippen LogP contribution is -2.31. The van der Waals surface area contributed by atoms with E-state index in [0.29, 0.717) is 33.7 Å². The minimum Gasteiger partial charge on any atom is -0.457 e. The van der Waals surface area contributed by atoms with Crippen LogP contribution in [0.15, 0.2) is 53.5 Å². The average molecular weight is 503 g/mol. The second-order valence-corrected chi connectivity index (χ2v) is 10.1. The van der Waals surface area contributed by atoms with Gasteiger partial charge in [0.25, 0.3) is 11.5 Å². The first-order valence-electron chi connectivity index (χ1n) is 12.5. The van der Waals surface area contributed by atoms with Crippen molar-refractivity contribution in [1.29, 1.82) is 0 Å². The lowest BCUT2D eigenvalue weighted by molar-refractivity contribution is 0.0988. The van der Waals surface area contributed by atoms with Gasteiger partial charge in [-0.15, -0.1) is 0 Å². The summed E-state index contributed by atoms with van der Waals surface area (Å²) in [5, 5.41) is 0.657. The molecule has 0 aliphatic heterocycles. The molecule has 0 unspecified atom stereocenters. The van der Waals surface area contributed by atoms with Crippen molar-refractivity contribution in [3.8, 4) is 22.6 Å². The van der Waals surface area contributed by atoms with Crippen LogP contribution in [0.3, 0.4) is 0 Å². The van der Waals surface area contributed by atoms with Crippen LogP contribution in [0, 0.1) is 19.7 Å². The highest BCUT2D eigenvalue weighted by Gasteiger charge is 2.28. The Hall–Kier alpha value is -3.91. The van der Waals surface area contributed by atoms with Crippen molar-refractivity contribution in [2.45, 2.75) is 51.6 Å². The van der Waals surface area contributed by atoms with E-state index in [-0.39, 0.29) is 23.5 Å². The van der Waals surface area contributed by atoms with Gasteiger partial charge in [0.1, 0.15) is 28.5 Å². The molecule has 0 radical (unpaired) electrons. The molecule has 1 fully saturated rings. The van der Waals surface area contributed by atoms with Gasteiger partial charge >= 0.3 is 0 Å². The molecule has 1 aliphatic rings. The fourth-order valence-corrected chi connectivity index (χ4v) is 5.33. The van der Waals surface area contributed by atoms with E-state index < -0.39 is 5.91 Å². The summed E-state index contributed by atoms with van der Waals surface area (Å²) in [4.78, 5) is 25.9. The summed E-state index contributed by atoms with van der Waals surface area (Å²) in [7, 11) is 1.70. The molecular weight excluding hydrogens is 471 g/mol. The zero-order valence-electron chi connectivity index (χ0n) is 21.3. The SMILES string of the molecule is Cc1cc(Oc2ccc(C)c(F)c2)cc(-c2cn(C)c(=O)c3c2cc(C(N)=O)n3C2CCC(N)CC2)c1. The van der Waals surface area contributed by atoms with Gasteiger partial charge in [-0.25, -0.2) is 4.39 Å². The number of aromatic nitrogens is 2. The number of aryl methyl sites for hydroxylation is 3. The first-order valence-corrected chi connectivity index (χ1v) is 12.5. The van der Waals surface area contributed by atoms with Crippen LogP contribution in [0.4, 0.5) is 4.39 Å². The van der Waals surface area contributed by atoms with Crippen LogP contribution in [0.25, 0.3) is 22.0 Å². The van der Waals surface area contributed by atoms with E-state index in [0.717, 1.165) is 42.4 Å². The summed E-state index contributed by atoms with van der Waals surface area (Å²) in [5.41, 5.74) is 15.5. The van der Waals surface area contributed by atoms with E-state index in [1.807, 2.05) is 29.7 Å². The number of primary amides is 1. The van der Waals surface area contributed by atoms with Gasteiger partial charge in [-0.1, -0.05) is 12.1 Å². The van der Waals surface area contributed by atoms with E-state index in [2.05, 4.69) is 0 Å². The molecule has 0 bridgehead atoms. The molecule has 37 heavy (non-hydrogen) atoms. The number of ether oxygens (including phenoxy) is 1. The van der Waals surface area contributed by atoms with Gasteiger partial charge in [0.05, 0.1) is 0 Å². The Morgan fingerprint density at radius 1 is 1.03 bits per heavy atom. The van der Waals surface area contributed by atoms with Crippen molar-refractivity contribution in [2.75, 3.05) is 0 Å². The van der Waals surface area contributed by atoms with E-state index in [1.54, 1.807) is 38.4 Å². The maximum absolute atomic E-state index is 14.1. The van der Waals surface area contributed by atoms with Crippen molar-refractivity contribution >= 4 is 16.8 Å². The number of benzene rings is 2. The molecular formula is C29H31FN4O3. The number of carbonyl (C=O) groups excluding carboxylic acids is 1. The molecule has 4 aromatic rings. The molecule has 1 aliphatic carbocycles. The highest BCUT2D eigenvalue weighted by Crippen LogP contribution is 2.37. The Morgan fingerprint density at radius 2 is 1.76 bits per heavy atom. The summed E-state index contributed by atoms with van der Waals surface area (Å²) in [6.45, 7) is 3.64. The van der Waals surface area contributed by atoms with E-state index in [1.165, 1.54) is 10.6 Å². The number of hydrogen-bond acceptors (Lipinski definition) is 4. The molecule has 2 heterocycles. The monoisotopic (exact) mass is 502 g/mol. The van der Waals surface area contributed by atoms with E-state index >= 15 is 0 Å². The Bertz CT molecular complexity index is 1580. The Morgan fingerprint density at radius 3 is 2.43 bits per heavy atom. The lowest BCUT2D eigenvalue weighted by atomic mass is 9.91. The minimum atomic E-state index is -0.575. The second kappa shape index (κ2) is 9.52. The molecule has 7 nitrogen and oxygen atoms in total. The maximum Gasteiger partial charge on any atom is 0.274 e. The van der Waals surface area contributed by atoms with Crippen molar-refractivity contribution in [1.82, 2.24) is 9.13 Å². The topological polar surface area (TPSA) is 105 Å². The quantitative estimate of drug-likeness (QED) is 0.396. The molecule has 2 aromatic heterocycles. The smallest absolute Gasteiger partial charge is 0.274 e. The van der Waals surface area contributed by atoms with Gasteiger partial charge < -0.3 is 25.3 Å². The highest BCUT2D eigenvalue weighted by atomic mass is 19.1. The third-order valence-electron chi connectivity index (χ3n) is 7.27. The molecule has 1 saturated carbocycles. The van der Waals surface area contributed by atoms with Gasteiger partial charge in [0.2, 0.25) is 0 Å². The minimum absolute atomic E-state index is 0.0319. The predicted octanol–water partition coefficient (Wildman–Crippen LogP) is 5.10. The molecule has 1 amide bonds. The maximum atomic E-state index is 14.1. The van der Waals surface area contributed by atoms with Crippen LogP contribution in [0.1, 0.15) is 53.3 Å². The zero-order valence-corrected chi connectivity index (χ0v) is 21.3. The van der Waals surface area contributed by atoms with Crippen LogP contribution in [0.2, 0.25) is 0 Å². The molecule has 2 aromatic carbocycles. The van der Waals surface area contributed by atoms with Crippen molar-refractivity contribution in [2.24, 2.45) is 18.5 Å². The van der Waals surface area contributed by atoms with Crippen molar-refractivity contribution in [3.63, 3.8) is 0 Å². The first-order chi connectivity index (χ1) is 17.6. The number of carbonyl (C=O) groups is 1. The summed E-state index contributed by atoms with van der Waals surface area (Å²) < 4.78 is 23.4. The molecule has 8 heteroatoms. The third kappa shape index (κ3) is 4.64. The number of nitrogens with zero attached hydrogens (tertiary/aromatic N) is 2. The van der Waals surface area contributed by atoms with Crippen molar-refractivity contribution < 1.29 is 13.9 Å². The number of hydrogen-bond donors (Lipinski definition) is 2. The van der Waals surface area contributed by atoms with Crippen LogP contribution in [-0.4, -0.2) is 21.1 Å². The molecule has 0 atom stereocenters. The molecule has 192 valence electrons. The lowest BCUT2D eigenvalue weighted by Gasteiger charge is -2.29. The van der Waals surface area contributed by atoms with Crippen molar-refractivity contribution in [3.05, 3.63) is 81.7 Å². The van der Waals surface area contributed by atoms with Crippen LogP contribution >= 0.6 is 0 Å². The van der Waals surface area contributed by atoms with E-state index in [9.17, 15) is 14.0 Å². The van der Waals surface area contributed by atoms with Gasteiger partial charge in [-0.2, -0.15) is 0 Å². The number of rotatable bonds is 5. The Balaban J connectivity index is 1.67. The fourth-order valence-electron chi connectivity index (χ4n) is 5.33. The van der Waals surface area contributed by atoms with Crippen LogP contribution in [0.5, 0.6) is 11.5 Å². The number of nitrogens with two attached hydrogens (primary N) is 2. The summed E-state index contributed by atoms with van der Waals surface area (Å²) in [5.74, 6) is 0.0156. The number of halogens is 1. The van der Waals surface area contributed by atoms with Crippen LogP contribution in [-0.2, 0) is 7.05 Å². The van der Waals surface area contributed by atoms with Gasteiger partial charge in [0.15, 0.2) is 0 Å². The largest absolute Gasteiger partial charge is 0.457 e. The normalized spacial score (nSPS) is 17.8. The zero-order chi connectivity index (χ0) is 26.4. The number of fused-ring (bicyclic) bond motifs is 1. The Labute approximate surface area is 214 Å². The van der Waals surface area contributed by atoms with Crippen LogP contribution < -0.4 is 21.8 Å². The molecule has 0 saturated heterocycles. The number of amides is 1. The third-order valence-corrected chi connectivity index (χ3v) is 7.27. The van der Waals surface area contributed by atoms with Gasteiger partial charge in [-0.3, -0.25) is 9.59 Å². The van der Waals surface area contributed by atoms with E-state index in [4.69, 9.17) is 16.2 Å². The first kappa shape index (κ1) is 24.8. The summed E-state index contributed by atoms with van der Waals surface area (Å²) >= 11 is 0. The number of pyridine rings is 1.